The number of aliphatic hydroxyl groups excluding tert-OH is 2. The van der Waals surface area contributed by atoms with E-state index in [4.69, 9.17) is 10.2 Å². The van der Waals surface area contributed by atoms with Crippen molar-refractivity contribution in [3.63, 3.8) is 0 Å². The second-order valence-corrected chi connectivity index (χ2v) is 4.97. The first-order chi connectivity index (χ1) is 7.35. The van der Waals surface area contributed by atoms with Gasteiger partial charge in [-0.2, -0.15) is 0 Å². The lowest BCUT2D eigenvalue weighted by atomic mass is 9.93. The normalized spacial score (nSPS) is 20.6. The Balaban J connectivity index is 2.06. The minimum Gasteiger partial charge on any atom is -0.395 e. The van der Waals surface area contributed by atoms with Gasteiger partial charge in [-0.25, -0.2) is 0 Å². The smallest absolute Gasteiger partial charge is 0.0607 e. The number of hydrogen-bond acceptors (Lipinski definition) is 4. The molecule has 2 rings (SSSR count). The van der Waals surface area contributed by atoms with Crippen molar-refractivity contribution < 1.29 is 10.2 Å². The lowest BCUT2D eigenvalue weighted by Gasteiger charge is -2.27. The summed E-state index contributed by atoms with van der Waals surface area (Å²) < 4.78 is 0. The molecule has 1 aliphatic rings. The van der Waals surface area contributed by atoms with E-state index in [2.05, 4.69) is 16.8 Å². The summed E-state index contributed by atoms with van der Waals surface area (Å²) in [6, 6.07) is 2.27. The topological polar surface area (TPSA) is 52.5 Å². The van der Waals surface area contributed by atoms with Crippen LogP contribution in [0.2, 0.25) is 0 Å². The van der Waals surface area contributed by atoms with Crippen molar-refractivity contribution in [2.75, 3.05) is 13.2 Å². The van der Waals surface area contributed by atoms with Crippen LogP contribution in [0.1, 0.15) is 29.3 Å². The number of aliphatic hydroxyl groups is 2. The first-order valence-electron chi connectivity index (χ1n) is 5.39. The Kier molecular flexibility index (Phi) is 3.75. The monoisotopic (exact) mass is 227 g/mol. The second-order valence-electron chi connectivity index (χ2n) is 3.97. The molecule has 0 aromatic carbocycles. The van der Waals surface area contributed by atoms with Gasteiger partial charge in [0.25, 0.3) is 0 Å². The van der Waals surface area contributed by atoms with Crippen LogP contribution in [-0.4, -0.2) is 29.5 Å². The van der Waals surface area contributed by atoms with E-state index < -0.39 is 0 Å². The maximum absolute atomic E-state index is 9.04. The van der Waals surface area contributed by atoms with Crippen LogP contribution in [0, 0.1) is 0 Å². The van der Waals surface area contributed by atoms with Crippen molar-refractivity contribution in [2.45, 2.75) is 31.3 Å². The molecule has 1 aliphatic carbocycles. The van der Waals surface area contributed by atoms with Gasteiger partial charge in [-0.3, -0.25) is 0 Å². The van der Waals surface area contributed by atoms with E-state index >= 15 is 0 Å². The SMILES string of the molecule is OCC(CO)NC1CCCc2sccc21. The molecule has 3 nitrogen and oxygen atoms in total. The van der Waals surface area contributed by atoms with Crippen LogP contribution in [0.4, 0.5) is 0 Å². The van der Waals surface area contributed by atoms with E-state index in [9.17, 15) is 0 Å². The summed E-state index contributed by atoms with van der Waals surface area (Å²) in [4.78, 5) is 1.45. The highest BCUT2D eigenvalue weighted by atomic mass is 32.1. The number of hydrogen-bond donors (Lipinski definition) is 3. The highest BCUT2D eigenvalue weighted by Crippen LogP contribution is 2.33. The molecule has 1 atom stereocenters. The third kappa shape index (κ3) is 2.39. The molecular formula is C11H17NO2S. The van der Waals surface area contributed by atoms with E-state index in [0.29, 0.717) is 6.04 Å². The number of fused-ring (bicyclic) bond motifs is 1. The lowest BCUT2D eigenvalue weighted by molar-refractivity contribution is 0.159. The van der Waals surface area contributed by atoms with Crippen LogP contribution in [-0.2, 0) is 6.42 Å². The molecule has 1 aromatic rings. The Bertz CT molecular complexity index is 309. The molecule has 0 amide bonds. The fourth-order valence-electron chi connectivity index (χ4n) is 2.11. The van der Waals surface area contributed by atoms with Gasteiger partial charge in [0.2, 0.25) is 0 Å². The Morgan fingerprint density at radius 3 is 3.00 bits per heavy atom. The molecule has 0 fully saturated rings. The largest absolute Gasteiger partial charge is 0.395 e. The fourth-order valence-corrected chi connectivity index (χ4v) is 3.09. The maximum Gasteiger partial charge on any atom is 0.0607 e. The van der Waals surface area contributed by atoms with Gasteiger partial charge in [-0.05, 0) is 36.3 Å². The van der Waals surface area contributed by atoms with Crippen molar-refractivity contribution in [3.8, 4) is 0 Å². The van der Waals surface area contributed by atoms with Gasteiger partial charge in [-0.15, -0.1) is 11.3 Å². The highest BCUT2D eigenvalue weighted by molar-refractivity contribution is 7.10. The van der Waals surface area contributed by atoms with Gasteiger partial charge in [0.15, 0.2) is 0 Å². The summed E-state index contributed by atoms with van der Waals surface area (Å²) in [5, 5.41) is 23.5. The molecule has 0 radical (unpaired) electrons. The van der Waals surface area contributed by atoms with Crippen LogP contribution >= 0.6 is 11.3 Å². The fraction of sp³-hybridized carbons (Fsp3) is 0.636. The van der Waals surface area contributed by atoms with Gasteiger partial charge in [-0.1, -0.05) is 0 Å². The van der Waals surface area contributed by atoms with E-state index in [-0.39, 0.29) is 19.3 Å². The lowest BCUT2D eigenvalue weighted by Crippen LogP contribution is -2.39. The zero-order chi connectivity index (χ0) is 10.7. The van der Waals surface area contributed by atoms with Crippen LogP contribution in [0.3, 0.4) is 0 Å². The highest BCUT2D eigenvalue weighted by Gasteiger charge is 2.22. The molecule has 3 N–H and O–H groups in total. The molecule has 1 heterocycles. The number of thiophene rings is 1. The third-order valence-electron chi connectivity index (χ3n) is 2.93. The van der Waals surface area contributed by atoms with E-state index in [1.54, 1.807) is 11.3 Å². The Morgan fingerprint density at radius 2 is 2.27 bits per heavy atom. The van der Waals surface area contributed by atoms with Crippen molar-refractivity contribution in [3.05, 3.63) is 21.9 Å². The van der Waals surface area contributed by atoms with Crippen molar-refractivity contribution >= 4 is 11.3 Å². The molecule has 0 aliphatic heterocycles. The maximum atomic E-state index is 9.04. The average molecular weight is 227 g/mol. The number of rotatable bonds is 4. The summed E-state index contributed by atoms with van der Waals surface area (Å²) in [6.07, 6.45) is 3.46. The quantitative estimate of drug-likeness (QED) is 0.721. The first kappa shape index (κ1) is 11.1. The van der Waals surface area contributed by atoms with Crippen LogP contribution in [0.25, 0.3) is 0 Å². The zero-order valence-corrected chi connectivity index (χ0v) is 9.46. The summed E-state index contributed by atoms with van der Waals surface area (Å²) >= 11 is 1.81. The molecule has 1 unspecified atom stereocenters. The molecule has 0 spiro atoms. The minimum absolute atomic E-state index is 0.00747. The summed E-state index contributed by atoms with van der Waals surface area (Å²) in [7, 11) is 0. The minimum atomic E-state index is -0.194. The van der Waals surface area contributed by atoms with E-state index in [1.165, 1.54) is 23.3 Å². The van der Waals surface area contributed by atoms with Gasteiger partial charge < -0.3 is 15.5 Å². The van der Waals surface area contributed by atoms with Crippen LogP contribution in [0.15, 0.2) is 11.4 Å². The van der Waals surface area contributed by atoms with Crippen molar-refractivity contribution in [1.29, 1.82) is 0 Å². The van der Waals surface area contributed by atoms with Gasteiger partial charge in [0.05, 0.1) is 19.3 Å². The molecule has 4 heteroatoms. The van der Waals surface area contributed by atoms with Gasteiger partial charge in [0.1, 0.15) is 0 Å². The van der Waals surface area contributed by atoms with Crippen molar-refractivity contribution in [2.24, 2.45) is 0 Å². The molecular weight excluding hydrogens is 210 g/mol. The van der Waals surface area contributed by atoms with Gasteiger partial charge in [0, 0.05) is 10.9 Å². The molecule has 0 saturated heterocycles. The number of aryl methyl sites for hydroxylation is 1. The number of nitrogens with one attached hydrogen (secondary N) is 1. The molecule has 0 bridgehead atoms. The van der Waals surface area contributed by atoms with Crippen molar-refractivity contribution in [1.82, 2.24) is 5.32 Å². The summed E-state index contributed by atoms with van der Waals surface area (Å²) in [5.41, 5.74) is 1.36. The summed E-state index contributed by atoms with van der Waals surface area (Å²) in [6.45, 7) is -0.0149. The Hall–Kier alpha value is -0.420. The Labute approximate surface area is 93.8 Å². The van der Waals surface area contributed by atoms with Crippen LogP contribution in [0.5, 0.6) is 0 Å². The Morgan fingerprint density at radius 1 is 1.47 bits per heavy atom. The predicted molar refractivity (Wildman–Crippen MR) is 61.1 cm³/mol. The predicted octanol–water partition coefficient (Wildman–Crippen LogP) is 1.07. The zero-order valence-electron chi connectivity index (χ0n) is 8.65. The standard InChI is InChI=1S/C11H17NO2S/c13-6-8(7-14)12-10-2-1-3-11-9(10)4-5-15-11/h4-5,8,10,12-14H,1-3,6-7H2. The molecule has 1 aromatic heterocycles. The first-order valence-corrected chi connectivity index (χ1v) is 6.27. The molecule has 84 valence electrons. The molecule has 0 saturated carbocycles. The third-order valence-corrected chi connectivity index (χ3v) is 3.93. The molecule has 15 heavy (non-hydrogen) atoms. The van der Waals surface area contributed by atoms with Gasteiger partial charge >= 0.3 is 0 Å². The summed E-state index contributed by atoms with van der Waals surface area (Å²) in [5.74, 6) is 0. The van der Waals surface area contributed by atoms with E-state index in [1.807, 2.05) is 0 Å². The average Bonchev–Trinajstić information content (AvgIpc) is 2.74. The second kappa shape index (κ2) is 5.07. The van der Waals surface area contributed by atoms with Crippen LogP contribution < -0.4 is 5.32 Å². The van der Waals surface area contributed by atoms with E-state index in [0.717, 1.165) is 6.42 Å².